The molecule has 0 aliphatic rings. The highest BCUT2D eigenvalue weighted by atomic mass is 19.4. The van der Waals surface area contributed by atoms with Crippen molar-refractivity contribution < 1.29 is 31.4 Å². The van der Waals surface area contributed by atoms with Crippen LogP contribution in [0.4, 0.5) is 22.0 Å². The minimum absolute atomic E-state index is 0.0166. The largest absolute Gasteiger partial charge is 0.495 e. The Balaban J connectivity index is 2.01. The van der Waals surface area contributed by atoms with E-state index in [0.717, 1.165) is 18.2 Å². The third-order valence-corrected chi connectivity index (χ3v) is 5.66. The van der Waals surface area contributed by atoms with Crippen LogP contribution in [-0.2, 0) is 6.18 Å². The van der Waals surface area contributed by atoms with Gasteiger partial charge in [0.15, 0.2) is 17.1 Å². The minimum Gasteiger partial charge on any atom is -0.495 e. The molecule has 0 unspecified atom stereocenters. The molecular weight excluding hydrogens is 485 g/mol. The predicted molar refractivity (Wildman–Crippen MR) is 120 cm³/mol. The summed E-state index contributed by atoms with van der Waals surface area (Å²) in [7, 11) is 1.33. The number of aromatic amines is 1. The van der Waals surface area contributed by atoms with Crippen LogP contribution in [0.5, 0.6) is 17.4 Å². The number of H-pyrrole nitrogens is 1. The summed E-state index contributed by atoms with van der Waals surface area (Å²) in [4.78, 5) is 19.7. The molecule has 0 saturated carbocycles. The fourth-order valence-electron chi connectivity index (χ4n) is 3.85. The van der Waals surface area contributed by atoms with Gasteiger partial charge < -0.3 is 14.5 Å². The molecule has 1 N–H and O–H groups in total. The van der Waals surface area contributed by atoms with Crippen molar-refractivity contribution in [2.45, 2.75) is 20.0 Å². The zero-order valence-corrected chi connectivity index (χ0v) is 19.0. The Morgan fingerprint density at radius 2 is 1.75 bits per heavy atom. The molecule has 0 aliphatic carbocycles. The van der Waals surface area contributed by atoms with Gasteiger partial charge in [0, 0.05) is 17.8 Å². The first-order chi connectivity index (χ1) is 17.0. The number of fused-ring (bicyclic) bond motifs is 1. The molecule has 0 aliphatic heterocycles. The second-order valence-corrected chi connectivity index (χ2v) is 7.79. The molecule has 4 rings (SSSR count). The average Bonchev–Trinajstić information content (AvgIpc) is 2.82. The number of rotatable bonds is 4. The summed E-state index contributed by atoms with van der Waals surface area (Å²) in [5.41, 5.74) is -2.50. The van der Waals surface area contributed by atoms with E-state index in [9.17, 15) is 32.0 Å². The van der Waals surface area contributed by atoms with Gasteiger partial charge in [0.2, 0.25) is 5.88 Å². The summed E-state index contributed by atoms with van der Waals surface area (Å²) in [5, 5.41) is 9.49. The number of pyridine rings is 2. The van der Waals surface area contributed by atoms with Crippen molar-refractivity contribution in [3.8, 4) is 34.7 Å². The minimum atomic E-state index is -4.78. The Kier molecular flexibility index (Phi) is 6.14. The number of halogens is 5. The molecule has 2 heterocycles. The summed E-state index contributed by atoms with van der Waals surface area (Å²) in [5.74, 6) is -2.72. The lowest BCUT2D eigenvalue weighted by molar-refractivity contribution is -0.138. The maximum Gasteiger partial charge on any atom is 0.418 e. The standard InChI is InChI=1S/C25H16F5N3O3/c1-11-14(25(28,29)30)10-32-24(36-19-6-4-15(26)23(27)12(19)2)21(11)17-8-18(34)22-13(9-31)20(35-3)7-5-16(22)33-17/h4-8,10H,1-3H3,(H,33,34). The van der Waals surface area contributed by atoms with E-state index in [1.54, 1.807) is 0 Å². The molecule has 0 spiro atoms. The molecule has 2 aromatic heterocycles. The van der Waals surface area contributed by atoms with Crippen molar-refractivity contribution in [3.05, 3.63) is 80.6 Å². The Morgan fingerprint density at radius 3 is 2.39 bits per heavy atom. The summed E-state index contributed by atoms with van der Waals surface area (Å²) < 4.78 is 79.4. The van der Waals surface area contributed by atoms with Crippen LogP contribution in [0.3, 0.4) is 0 Å². The van der Waals surface area contributed by atoms with Crippen molar-refractivity contribution >= 4 is 10.9 Å². The number of methoxy groups -OCH3 is 1. The number of nitrogens with zero attached hydrogens (tertiary/aromatic N) is 2. The van der Waals surface area contributed by atoms with Crippen LogP contribution in [0.2, 0.25) is 0 Å². The second-order valence-electron chi connectivity index (χ2n) is 7.79. The van der Waals surface area contributed by atoms with E-state index in [1.165, 1.54) is 33.1 Å². The van der Waals surface area contributed by atoms with E-state index >= 15 is 0 Å². The number of alkyl halides is 3. The molecule has 2 aromatic carbocycles. The van der Waals surface area contributed by atoms with Crippen LogP contribution in [0.25, 0.3) is 22.2 Å². The van der Waals surface area contributed by atoms with Crippen molar-refractivity contribution in [2.24, 2.45) is 0 Å². The van der Waals surface area contributed by atoms with E-state index in [1.807, 2.05) is 6.07 Å². The van der Waals surface area contributed by atoms with Gasteiger partial charge in [-0.3, -0.25) is 4.79 Å². The van der Waals surface area contributed by atoms with E-state index in [2.05, 4.69) is 9.97 Å². The summed E-state index contributed by atoms with van der Waals surface area (Å²) >= 11 is 0. The maximum absolute atomic E-state index is 14.1. The summed E-state index contributed by atoms with van der Waals surface area (Å²) in [6, 6.07) is 7.70. The van der Waals surface area contributed by atoms with Crippen molar-refractivity contribution in [1.29, 1.82) is 5.26 Å². The van der Waals surface area contributed by atoms with Crippen molar-refractivity contribution in [3.63, 3.8) is 0 Å². The summed E-state index contributed by atoms with van der Waals surface area (Å²) in [6.07, 6.45) is -4.22. The predicted octanol–water partition coefficient (Wildman–Crippen LogP) is 6.18. The van der Waals surface area contributed by atoms with Gasteiger partial charge >= 0.3 is 6.18 Å². The highest BCUT2D eigenvalue weighted by molar-refractivity contribution is 5.89. The SMILES string of the molecule is COc1ccc2[nH]c(-c3c(Oc4ccc(F)c(F)c4C)ncc(C(F)(F)F)c3C)cc(=O)c2c1C#N. The van der Waals surface area contributed by atoms with Crippen LogP contribution in [0.15, 0.2) is 41.3 Å². The van der Waals surface area contributed by atoms with E-state index < -0.39 is 28.8 Å². The fraction of sp³-hybridized carbons (Fsp3) is 0.160. The molecule has 11 heteroatoms. The molecule has 0 radical (unpaired) electrons. The molecule has 0 fully saturated rings. The Bertz CT molecular complexity index is 1620. The zero-order valence-electron chi connectivity index (χ0n) is 19.0. The van der Waals surface area contributed by atoms with Gasteiger partial charge in [-0.25, -0.2) is 13.8 Å². The number of ether oxygens (including phenoxy) is 2. The number of hydrogen-bond acceptors (Lipinski definition) is 5. The first-order valence-electron chi connectivity index (χ1n) is 10.3. The molecule has 0 bridgehead atoms. The smallest absolute Gasteiger partial charge is 0.418 e. The number of benzene rings is 2. The van der Waals surface area contributed by atoms with E-state index in [4.69, 9.17) is 9.47 Å². The fourth-order valence-corrected chi connectivity index (χ4v) is 3.85. The second kappa shape index (κ2) is 8.96. The lowest BCUT2D eigenvalue weighted by Gasteiger charge is -2.18. The molecule has 6 nitrogen and oxygen atoms in total. The van der Waals surface area contributed by atoms with Crippen molar-refractivity contribution in [1.82, 2.24) is 9.97 Å². The third-order valence-electron chi connectivity index (χ3n) is 5.66. The highest BCUT2D eigenvalue weighted by Gasteiger charge is 2.35. The molecule has 0 atom stereocenters. The molecule has 184 valence electrons. The Labute approximate surface area is 200 Å². The number of nitrogens with one attached hydrogen (secondary N) is 1. The monoisotopic (exact) mass is 501 g/mol. The average molecular weight is 501 g/mol. The first kappa shape index (κ1) is 24.7. The van der Waals surface area contributed by atoms with Crippen molar-refractivity contribution in [2.75, 3.05) is 7.11 Å². The number of nitriles is 1. The van der Waals surface area contributed by atoms with Crippen LogP contribution in [0.1, 0.15) is 22.3 Å². The zero-order chi connectivity index (χ0) is 26.4. The van der Waals surface area contributed by atoms with E-state index in [-0.39, 0.29) is 56.2 Å². The molecule has 4 aromatic rings. The third kappa shape index (κ3) is 4.11. The number of hydrogen-bond donors (Lipinski definition) is 1. The van der Waals surface area contributed by atoms with Gasteiger partial charge in [0.05, 0.1) is 34.8 Å². The van der Waals surface area contributed by atoms with Crippen LogP contribution in [-0.4, -0.2) is 17.1 Å². The Hall–Kier alpha value is -4.46. The van der Waals surface area contributed by atoms with Crippen LogP contribution in [0, 0.1) is 36.8 Å². The van der Waals surface area contributed by atoms with Gasteiger partial charge in [-0.15, -0.1) is 0 Å². The summed E-state index contributed by atoms with van der Waals surface area (Å²) in [6.45, 7) is 2.40. The quantitative estimate of drug-likeness (QED) is 0.338. The van der Waals surface area contributed by atoms with Gasteiger partial charge in [0.1, 0.15) is 23.1 Å². The molecule has 36 heavy (non-hydrogen) atoms. The van der Waals surface area contributed by atoms with E-state index in [0.29, 0.717) is 6.20 Å². The Morgan fingerprint density at radius 1 is 1.06 bits per heavy atom. The number of aromatic nitrogens is 2. The van der Waals surface area contributed by atoms with Gasteiger partial charge in [0.25, 0.3) is 0 Å². The topological polar surface area (TPSA) is 88.0 Å². The van der Waals surface area contributed by atoms with Gasteiger partial charge in [-0.2, -0.15) is 18.4 Å². The lowest BCUT2D eigenvalue weighted by atomic mass is 10.00. The normalized spacial score (nSPS) is 11.4. The highest BCUT2D eigenvalue weighted by Crippen LogP contribution is 2.41. The van der Waals surface area contributed by atoms with Crippen LogP contribution < -0.4 is 14.9 Å². The first-order valence-corrected chi connectivity index (χ1v) is 10.3. The maximum atomic E-state index is 14.1. The lowest BCUT2D eigenvalue weighted by Crippen LogP contribution is -2.12. The van der Waals surface area contributed by atoms with Gasteiger partial charge in [-0.05, 0) is 43.7 Å². The molecular formula is C25H16F5N3O3. The van der Waals surface area contributed by atoms with Crippen LogP contribution >= 0.6 is 0 Å². The molecule has 0 amide bonds. The van der Waals surface area contributed by atoms with Gasteiger partial charge in [-0.1, -0.05) is 0 Å². The molecule has 0 saturated heterocycles.